The zero-order valence-electron chi connectivity index (χ0n) is 5.45. The smallest absolute Gasteiger partial charge is 0.00313 e. The van der Waals surface area contributed by atoms with Gasteiger partial charge >= 0.3 is 0 Å². The number of hydrogen-bond acceptors (Lipinski definition) is 0. The van der Waals surface area contributed by atoms with Crippen LogP contribution in [-0.2, 0) is 0 Å². The van der Waals surface area contributed by atoms with Crippen LogP contribution >= 0.6 is 27.5 Å². The van der Waals surface area contributed by atoms with Gasteiger partial charge in [0.2, 0.25) is 0 Å². The van der Waals surface area contributed by atoms with Gasteiger partial charge in [0.25, 0.3) is 0 Å². The van der Waals surface area contributed by atoms with Crippen LogP contribution in [0.25, 0.3) is 0 Å². The second kappa shape index (κ2) is 8.51. The number of allylic oxidation sites excluding steroid dienone is 1. The van der Waals surface area contributed by atoms with Gasteiger partial charge in [-0.15, -0.1) is 0 Å². The second-order valence-corrected chi connectivity index (χ2v) is 2.94. The molecule has 0 aliphatic rings. The summed E-state index contributed by atoms with van der Waals surface area (Å²) in [5.74, 6) is 0. The van der Waals surface area contributed by atoms with Gasteiger partial charge in [-0.25, -0.2) is 0 Å². The lowest BCUT2D eigenvalue weighted by Gasteiger charge is -1.91. The Balaban J connectivity index is 2.75. The largest absolute Gasteiger partial charge is 0.0933 e. The molecule has 0 aliphatic carbocycles. The standard InChI is InChI=1S/C7H12BrCl/c8-6-4-2-1-3-5-7-9/h5,7H,1-4,6H2/b7-5+. The third-order valence-corrected chi connectivity index (χ3v) is 1.83. The van der Waals surface area contributed by atoms with Crippen molar-refractivity contribution in [1.29, 1.82) is 0 Å². The van der Waals surface area contributed by atoms with Gasteiger partial charge < -0.3 is 0 Å². The molecule has 9 heavy (non-hydrogen) atoms. The highest BCUT2D eigenvalue weighted by Gasteiger charge is 1.83. The number of rotatable bonds is 5. The lowest BCUT2D eigenvalue weighted by Crippen LogP contribution is -1.75. The van der Waals surface area contributed by atoms with Crippen molar-refractivity contribution in [1.82, 2.24) is 0 Å². The van der Waals surface area contributed by atoms with Crippen LogP contribution in [0.1, 0.15) is 25.7 Å². The lowest BCUT2D eigenvalue weighted by atomic mass is 10.2. The molecule has 0 unspecified atom stereocenters. The third-order valence-electron chi connectivity index (χ3n) is 1.09. The first kappa shape index (κ1) is 9.51. The van der Waals surface area contributed by atoms with Crippen molar-refractivity contribution in [3.63, 3.8) is 0 Å². The molecular formula is C7H12BrCl. The maximum atomic E-state index is 5.32. The van der Waals surface area contributed by atoms with Gasteiger partial charge in [0.05, 0.1) is 0 Å². The van der Waals surface area contributed by atoms with Crippen molar-refractivity contribution >= 4 is 27.5 Å². The van der Waals surface area contributed by atoms with Gasteiger partial charge in [0.15, 0.2) is 0 Å². The van der Waals surface area contributed by atoms with Crippen LogP contribution in [0.15, 0.2) is 11.6 Å². The molecule has 54 valence electrons. The van der Waals surface area contributed by atoms with Crippen LogP contribution < -0.4 is 0 Å². The predicted molar refractivity (Wildman–Crippen MR) is 47.3 cm³/mol. The minimum Gasteiger partial charge on any atom is -0.0933 e. The summed E-state index contributed by atoms with van der Waals surface area (Å²) in [6, 6.07) is 0. The van der Waals surface area contributed by atoms with Gasteiger partial charge in [-0.1, -0.05) is 40.0 Å². The van der Waals surface area contributed by atoms with E-state index in [9.17, 15) is 0 Å². The Morgan fingerprint density at radius 3 is 2.56 bits per heavy atom. The molecule has 0 aliphatic heterocycles. The van der Waals surface area contributed by atoms with Crippen LogP contribution in [0, 0.1) is 0 Å². The Morgan fingerprint density at radius 2 is 2.00 bits per heavy atom. The zero-order chi connectivity index (χ0) is 6.95. The molecule has 0 N–H and O–H groups in total. The van der Waals surface area contributed by atoms with E-state index < -0.39 is 0 Å². The van der Waals surface area contributed by atoms with Crippen molar-refractivity contribution in [3.05, 3.63) is 11.6 Å². The summed E-state index contributed by atoms with van der Waals surface area (Å²) in [6.07, 6.45) is 6.95. The average molecular weight is 212 g/mol. The molecule has 0 amide bonds. The SMILES string of the molecule is Cl/C=C/CCCCCBr. The van der Waals surface area contributed by atoms with E-state index in [1.165, 1.54) is 19.3 Å². The molecule has 2 heteroatoms. The van der Waals surface area contributed by atoms with Crippen LogP contribution in [0.2, 0.25) is 0 Å². The van der Waals surface area contributed by atoms with E-state index in [4.69, 9.17) is 11.6 Å². The zero-order valence-corrected chi connectivity index (χ0v) is 7.79. The van der Waals surface area contributed by atoms with Gasteiger partial charge in [0.1, 0.15) is 0 Å². The van der Waals surface area contributed by atoms with E-state index in [2.05, 4.69) is 15.9 Å². The third kappa shape index (κ3) is 8.51. The number of halogens is 2. The maximum absolute atomic E-state index is 5.32. The summed E-state index contributed by atoms with van der Waals surface area (Å²) < 4.78 is 0. The molecular weight excluding hydrogens is 199 g/mol. The van der Waals surface area contributed by atoms with Crippen molar-refractivity contribution < 1.29 is 0 Å². The molecule has 0 fully saturated rings. The fourth-order valence-corrected chi connectivity index (χ4v) is 1.12. The molecule has 0 bridgehead atoms. The molecule has 0 nitrogen and oxygen atoms in total. The molecule has 0 saturated heterocycles. The Bertz CT molecular complexity index is 71.3. The molecule has 0 spiro atoms. The highest BCUT2D eigenvalue weighted by molar-refractivity contribution is 9.09. The molecule has 0 aromatic carbocycles. The van der Waals surface area contributed by atoms with Crippen molar-refractivity contribution in [2.24, 2.45) is 0 Å². The maximum Gasteiger partial charge on any atom is 0.00313 e. The second-order valence-electron chi connectivity index (χ2n) is 1.90. The molecule has 0 atom stereocenters. The summed E-state index contributed by atoms with van der Waals surface area (Å²) in [5, 5.41) is 1.12. The average Bonchev–Trinajstić information content (AvgIpc) is 1.89. The van der Waals surface area contributed by atoms with Crippen molar-refractivity contribution in [2.75, 3.05) is 5.33 Å². The molecule has 0 aromatic heterocycles. The molecule has 0 saturated carbocycles. The summed E-state index contributed by atoms with van der Waals surface area (Å²) in [4.78, 5) is 0. The van der Waals surface area contributed by atoms with E-state index >= 15 is 0 Å². The summed E-state index contributed by atoms with van der Waals surface area (Å²) in [7, 11) is 0. The Hall–Kier alpha value is 0.510. The number of hydrogen-bond donors (Lipinski definition) is 0. The highest BCUT2D eigenvalue weighted by Crippen LogP contribution is 2.02. The van der Waals surface area contributed by atoms with Crippen molar-refractivity contribution in [3.8, 4) is 0 Å². The van der Waals surface area contributed by atoms with Gasteiger partial charge in [-0.05, 0) is 19.3 Å². The van der Waals surface area contributed by atoms with E-state index in [1.807, 2.05) is 6.08 Å². The molecule has 0 rings (SSSR count). The first-order valence-electron chi connectivity index (χ1n) is 3.23. The summed E-state index contributed by atoms with van der Waals surface area (Å²) in [5.41, 5.74) is 1.59. The summed E-state index contributed by atoms with van der Waals surface area (Å²) in [6.45, 7) is 0. The van der Waals surface area contributed by atoms with Crippen LogP contribution in [0.5, 0.6) is 0 Å². The van der Waals surface area contributed by atoms with Gasteiger partial charge in [0, 0.05) is 10.9 Å². The van der Waals surface area contributed by atoms with Crippen LogP contribution in [-0.4, -0.2) is 5.33 Å². The van der Waals surface area contributed by atoms with E-state index in [-0.39, 0.29) is 0 Å². The normalized spacial score (nSPS) is 10.9. The van der Waals surface area contributed by atoms with Crippen molar-refractivity contribution in [2.45, 2.75) is 25.7 Å². The minimum atomic E-state index is 1.12. The minimum absolute atomic E-state index is 1.12. The van der Waals surface area contributed by atoms with Gasteiger partial charge in [-0.2, -0.15) is 0 Å². The topological polar surface area (TPSA) is 0 Å². The number of alkyl halides is 1. The fourth-order valence-electron chi connectivity index (χ4n) is 0.596. The summed E-state index contributed by atoms with van der Waals surface area (Å²) >= 11 is 8.70. The predicted octanol–water partition coefficient (Wildman–Crippen LogP) is 3.69. The Labute approximate surface area is 70.4 Å². The van der Waals surface area contributed by atoms with Crippen LogP contribution in [0.4, 0.5) is 0 Å². The molecule has 0 radical (unpaired) electrons. The number of unbranched alkanes of at least 4 members (excludes halogenated alkanes) is 3. The first-order valence-corrected chi connectivity index (χ1v) is 4.78. The lowest BCUT2D eigenvalue weighted by molar-refractivity contribution is 0.737. The Kier molecular flexibility index (Phi) is 8.99. The molecule has 0 heterocycles. The van der Waals surface area contributed by atoms with E-state index in [1.54, 1.807) is 5.54 Å². The monoisotopic (exact) mass is 210 g/mol. The van der Waals surface area contributed by atoms with E-state index in [0.29, 0.717) is 0 Å². The van der Waals surface area contributed by atoms with Gasteiger partial charge in [-0.3, -0.25) is 0 Å². The first-order chi connectivity index (χ1) is 4.41. The highest BCUT2D eigenvalue weighted by atomic mass is 79.9. The quantitative estimate of drug-likeness (QED) is 0.481. The van der Waals surface area contributed by atoms with E-state index in [0.717, 1.165) is 11.8 Å². The Morgan fingerprint density at radius 1 is 1.22 bits per heavy atom. The molecule has 0 aromatic rings. The fraction of sp³-hybridized carbons (Fsp3) is 0.714. The van der Waals surface area contributed by atoms with Crippen LogP contribution in [0.3, 0.4) is 0 Å².